The summed E-state index contributed by atoms with van der Waals surface area (Å²) in [4.78, 5) is 23.6. The zero-order valence-electron chi connectivity index (χ0n) is 13.7. The number of rotatable bonds is 3. The van der Waals surface area contributed by atoms with Crippen LogP contribution in [0.4, 0.5) is 5.69 Å². The van der Waals surface area contributed by atoms with E-state index in [0.29, 0.717) is 39.1 Å². The van der Waals surface area contributed by atoms with Crippen molar-refractivity contribution in [2.24, 2.45) is 4.36 Å². The van der Waals surface area contributed by atoms with E-state index in [2.05, 4.69) is 16.8 Å². The van der Waals surface area contributed by atoms with Crippen molar-refractivity contribution < 1.29 is 19.4 Å². The quantitative estimate of drug-likeness (QED) is 0.516. The fraction of sp³-hybridized carbons (Fsp3) is 0. The van der Waals surface area contributed by atoms with E-state index >= 15 is 0 Å². The van der Waals surface area contributed by atoms with Gasteiger partial charge in [0.05, 0.1) is 11.3 Å². The summed E-state index contributed by atoms with van der Waals surface area (Å²) in [7, 11) is 0. The van der Waals surface area contributed by atoms with Gasteiger partial charge < -0.3 is 14.6 Å². The van der Waals surface area contributed by atoms with E-state index in [9.17, 15) is 19.8 Å². The van der Waals surface area contributed by atoms with Gasteiger partial charge in [0.25, 0.3) is 0 Å². The Labute approximate surface area is 157 Å². The smallest absolute Gasteiger partial charge is 0.336 e. The lowest BCUT2D eigenvalue weighted by Gasteiger charge is -2.16. The number of nitrogens with zero attached hydrogens (tertiary/aromatic N) is 1. The average molecular weight is 377 g/mol. The first kappa shape index (κ1) is 16.9. The Morgan fingerprint density at radius 2 is 1.78 bits per heavy atom. The molecule has 2 aromatic carbocycles. The van der Waals surface area contributed by atoms with E-state index in [0.717, 1.165) is 0 Å². The zero-order valence-corrected chi connectivity index (χ0v) is 14.5. The third-order valence-corrected chi connectivity index (χ3v) is 4.50. The van der Waals surface area contributed by atoms with Crippen LogP contribution in [0.15, 0.2) is 68.2 Å². The van der Waals surface area contributed by atoms with Gasteiger partial charge in [0.1, 0.15) is 17.1 Å². The van der Waals surface area contributed by atoms with Gasteiger partial charge in [-0.15, -0.1) is 0 Å². The van der Waals surface area contributed by atoms with E-state index in [4.69, 9.17) is 4.42 Å². The van der Waals surface area contributed by atoms with Gasteiger partial charge in [-0.3, -0.25) is 4.79 Å². The summed E-state index contributed by atoms with van der Waals surface area (Å²) in [6.07, 6.45) is 0. The average Bonchev–Trinajstić information content (AvgIpc) is 2.65. The Morgan fingerprint density at radius 3 is 2.52 bits per heavy atom. The van der Waals surface area contributed by atoms with Crippen molar-refractivity contribution in [1.29, 1.82) is 0 Å². The van der Waals surface area contributed by atoms with Gasteiger partial charge in [-0.2, -0.15) is 4.36 Å². The van der Waals surface area contributed by atoms with Crippen molar-refractivity contribution in [3.05, 3.63) is 70.4 Å². The Bertz CT molecular complexity index is 1260. The molecule has 2 aromatic rings. The fourth-order valence-electron chi connectivity index (χ4n) is 3.13. The van der Waals surface area contributed by atoms with Crippen molar-refractivity contribution in [2.45, 2.75) is 0 Å². The number of carboxylic acids is 1. The Hall–Kier alpha value is -3.58. The van der Waals surface area contributed by atoms with Crippen LogP contribution < -0.4 is 5.43 Å². The fourth-order valence-corrected chi connectivity index (χ4v) is 3.25. The molecule has 6 nitrogen and oxygen atoms in total. The second-order valence-electron chi connectivity index (χ2n) is 5.94. The number of hydrogen-bond donors (Lipinski definition) is 2. The van der Waals surface area contributed by atoms with Gasteiger partial charge in [0, 0.05) is 41.1 Å². The summed E-state index contributed by atoms with van der Waals surface area (Å²) in [5.41, 5.74) is 2.07. The molecule has 0 atom stereocenters. The molecule has 0 fully saturated rings. The molecule has 0 saturated heterocycles. The van der Waals surface area contributed by atoms with E-state index in [1.807, 2.05) is 0 Å². The van der Waals surface area contributed by atoms with Gasteiger partial charge >= 0.3 is 5.97 Å². The first-order chi connectivity index (χ1) is 13.0. The highest BCUT2D eigenvalue weighted by Crippen LogP contribution is 2.42. The molecule has 2 aliphatic rings. The molecule has 4 rings (SSSR count). The summed E-state index contributed by atoms with van der Waals surface area (Å²) in [5.74, 6) is -0.843. The number of carboxylic acid groups (broad SMARTS) is 1. The molecule has 0 spiro atoms. The summed E-state index contributed by atoms with van der Waals surface area (Å²) >= 11 is 4.66. The van der Waals surface area contributed by atoms with Crippen molar-refractivity contribution in [3.63, 3.8) is 0 Å². The molecule has 0 saturated carbocycles. The Kier molecular flexibility index (Phi) is 3.93. The minimum absolute atomic E-state index is 0.00598. The molecule has 7 heteroatoms. The van der Waals surface area contributed by atoms with Gasteiger partial charge in [-0.1, -0.05) is 6.07 Å². The molecule has 132 valence electrons. The second-order valence-corrected chi connectivity index (χ2v) is 6.12. The van der Waals surface area contributed by atoms with E-state index in [1.165, 1.54) is 30.3 Å². The van der Waals surface area contributed by atoms with Crippen molar-refractivity contribution in [2.75, 3.05) is 0 Å². The molecule has 1 heterocycles. The Balaban J connectivity index is 2.19. The van der Waals surface area contributed by atoms with Crippen LogP contribution in [0.2, 0.25) is 0 Å². The molecule has 0 amide bonds. The maximum atomic E-state index is 11.9. The molecular weight excluding hydrogens is 366 g/mol. The van der Waals surface area contributed by atoms with Gasteiger partial charge in [-0.05, 0) is 42.0 Å². The van der Waals surface area contributed by atoms with E-state index in [-0.39, 0.29) is 16.7 Å². The number of benzene rings is 3. The van der Waals surface area contributed by atoms with Crippen molar-refractivity contribution in [3.8, 4) is 28.2 Å². The molecule has 0 aromatic heterocycles. The topological polar surface area (TPSA) is 100 Å². The van der Waals surface area contributed by atoms with Crippen LogP contribution in [-0.4, -0.2) is 16.2 Å². The number of phenols is 1. The summed E-state index contributed by atoms with van der Waals surface area (Å²) in [6.45, 7) is 0. The molecule has 1 aliphatic heterocycles. The van der Waals surface area contributed by atoms with Crippen molar-refractivity contribution in [1.82, 2.24) is 0 Å². The maximum absolute atomic E-state index is 11.9. The first-order valence-electron chi connectivity index (χ1n) is 7.88. The van der Waals surface area contributed by atoms with Gasteiger partial charge in [0.15, 0.2) is 5.43 Å². The third kappa shape index (κ3) is 2.84. The number of carbonyl (C=O) groups is 1. The van der Waals surface area contributed by atoms with E-state index in [1.54, 1.807) is 24.3 Å². The molecule has 0 radical (unpaired) electrons. The first-order valence-corrected chi connectivity index (χ1v) is 8.25. The lowest BCUT2D eigenvalue weighted by Crippen LogP contribution is -2.03. The number of phenolic OH excluding ortho intramolecular Hbond substituents is 1. The minimum Gasteiger partial charge on any atom is -0.508 e. The van der Waals surface area contributed by atoms with Gasteiger partial charge in [-0.25, -0.2) is 4.79 Å². The highest BCUT2D eigenvalue weighted by molar-refractivity contribution is 7.47. The SMILES string of the molecule is O=C(O)c1cc(N=S)ccc1-c1c2ccc(=O)cc-2oc2cc(O)ccc12. The predicted molar refractivity (Wildman–Crippen MR) is 103 cm³/mol. The largest absolute Gasteiger partial charge is 0.508 e. The molecule has 1 aliphatic carbocycles. The number of fused-ring (bicyclic) bond motifs is 2. The number of hydrogen-bond acceptors (Lipinski definition) is 6. The molecule has 27 heavy (non-hydrogen) atoms. The van der Waals surface area contributed by atoms with Crippen LogP contribution in [0, 0.1) is 0 Å². The Morgan fingerprint density at radius 1 is 1.00 bits per heavy atom. The number of aromatic hydroxyl groups is 1. The third-order valence-electron chi connectivity index (χ3n) is 4.29. The highest BCUT2D eigenvalue weighted by Gasteiger charge is 2.22. The lowest BCUT2D eigenvalue weighted by atomic mass is 9.90. The summed E-state index contributed by atoms with van der Waals surface area (Å²) < 4.78 is 9.40. The van der Waals surface area contributed by atoms with Gasteiger partial charge in [0.2, 0.25) is 0 Å². The molecule has 0 bridgehead atoms. The van der Waals surface area contributed by atoms with Crippen molar-refractivity contribution >= 4 is 35.1 Å². The molecule has 0 unspecified atom stereocenters. The molecule has 2 N–H and O–H groups in total. The highest BCUT2D eigenvalue weighted by atomic mass is 32.1. The summed E-state index contributed by atoms with van der Waals surface area (Å²) in [5, 5.41) is 20.1. The second kappa shape index (κ2) is 6.30. The normalized spacial score (nSPS) is 11.0. The standard InChI is InChI=1S/C20H11NO5S/c22-11-2-5-14-17(8-11)26-18-9-12(23)3-6-15(18)19(14)13-4-1-10(21-27)7-16(13)20(24)25/h1-9,22H,(H,24,25). The van der Waals surface area contributed by atoms with E-state index < -0.39 is 5.97 Å². The van der Waals surface area contributed by atoms with Crippen LogP contribution >= 0.6 is 0 Å². The van der Waals surface area contributed by atoms with Crippen LogP contribution in [0.5, 0.6) is 5.75 Å². The van der Waals surface area contributed by atoms with Crippen LogP contribution in [0.25, 0.3) is 33.4 Å². The summed E-state index contributed by atoms with van der Waals surface area (Å²) in [6, 6.07) is 13.5. The monoisotopic (exact) mass is 377 g/mol. The van der Waals surface area contributed by atoms with Crippen LogP contribution in [-0.2, 0) is 12.4 Å². The lowest BCUT2D eigenvalue weighted by molar-refractivity contribution is 0.0697. The maximum Gasteiger partial charge on any atom is 0.336 e. The minimum atomic E-state index is -1.13. The zero-order chi connectivity index (χ0) is 19.1. The molecular formula is C20H11NO5S. The number of aromatic carboxylic acids is 1. The van der Waals surface area contributed by atoms with Crippen LogP contribution in [0.3, 0.4) is 0 Å². The van der Waals surface area contributed by atoms with Crippen LogP contribution in [0.1, 0.15) is 10.4 Å². The predicted octanol–water partition coefficient (Wildman–Crippen LogP) is 4.33.